The third-order valence-corrected chi connectivity index (χ3v) is 6.53. The van der Waals surface area contributed by atoms with Gasteiger partial charge in [-0.05, 0) is 42.0 Å². The number of ether oxygens (including phenoxy) is 1. The number of rotatable bonds is 11. The van der Waals surface area contributed by atoms with Crippen LogP contribution >= 0.6 is 0 Å². The lowest BCUT2D eigenvalue weighted by atomic mass is 9.98. The Morgan fingerprint density at radius 1 is 1.03 bits per heavy atom. The number of benzene rings is 2. The normalized spacial score (nSPS) is 14.0. The monoisotopic (exact) mass is 466 g/mol. The van der Waals surface area contributed by atoms with Crippen molar-refractivity contribution in [3.63, 3.8) is 0 Å². The zero-order chi connectivity index (χ0) is 24.7. The first-order valence-electron chi connectivity index (χ1n) is 12.0. The third kappa shape index (κ3) is 5.76. The molecule has 1 aliphatic rings. The van der Waals surface area contributed by atoms with Gasteiger partial charge in [-0.3, -0.25) is 9.59 Å². The number of amides is 2. The van der Waals surface area contributed by atoms with E-state index < -0.39 is 18.0 Å². The molecule has 2 aromatic rings. The number of carbonyl (C=O) groups is 3. The Bertz CT molecular complexity index is 976. The summed E-state index contributed by atoms with van der Waals surface area (Å²) < 4.78 is 5.57. The van der Waals surface area contributed by atoms with E-state index in [4.69, 9.17) is 4.74 Å². The van der Waals surface area contributed by atoms with E-state index in [1.54, 1.807) is 0 Å². The lowest BCUT2D eigenvalue weighted by molar-refractivity contribution is -0.148. The summed E-state index contributed by atoms with van der Waals surface area (Å²) in [6, 6.07) is 16.1. The van der Waals surface area contributed by atoms with Crippen LogP contribution < -0.4 is 5.32 Å². The maximum absolute atomic E-state index is 13.1. The SMILES string of the molecule is CCCC(CNC(=O)OCC1c2ccccc2-c2ccccc21)C(=O)N(CC(=O)O)C(C)CC. The second-order valence-corrected chi connectivity index (χ2v) is 8.81. The van der Waals surface area contributed by atoms with Crippen molar-refractivity contribution < 1.29 is 24.2 Å². The molecule has 0 saturated carbocycles. The van der Waals surface area contributed by atoms with Gasteiger partial charge in [-0.15, -0.1) is 0 Å². The van der Waals surface area contributed by atoms with Gasteiger partial charge in [0.15, 0.2) is 0 Å². The average Bonchev–Trinajstić information content (AvgIpc) is 3.16. The standard InChI is InChI=1S/C27H34N2O5/c1-4-10-19(26(32)29(16-25(30)31)18(3)5-2)15-28-27(33)34-17-24-22-13-8-6-11-20(22)21-12-7-9-14-23(21)24/h6-9,11-14,18-19,24H,4-5,10,15-17H2,1-3H3,(H,28,33)(H,30,31). The Balaban J connectivity index is 1.62. The predicted octanol–water partition coefficient (Wildman–Crippen LogP) is 4.65. The van der Waals surface area contributed by atoms with Crippen molar-refractivity contribution in [2.75, 3.05) is 19.7 Å². The van der Waals surface area contributed by atoms with Gasteiger partial charge in [0.25, 0.3) is 0 Å². The molecule has 0 radical (unpaired) electrons. The molecule has 2 amide bonds. The van der Waals surface area contributed by atoms with Crippen LogP contribution in [-0.2, 0) is 14.3 Å². The highest BCUT2D eigenvalue weighted by Gasteiger charge is 2.30. The van der Waals surface area contributed by atoms with Crippen LogP contribution in [0.5, 0.6) is 0 Å². The molecule has 0 bridgehead atoms. The molecule has 0 aromatic heterocycles. The van der Waals surface area contributed by atoms with Gasteiger partial charge in [-0.1, -0.05) is 68.8 Å². The second kappa shape index (κ2) is 11.7. The molecule has 3 rings (SSSR count). The van der Waals surface area contributed by atoms with Gasteiger partial charge in [0.1, 0.15) is 13.2 Å². The number of carboxylic acids is 1. The van der Waals surface area contributed by atoms with Gasteiger partial charge in [-0.25, -0.2) is 4.79 Å². The Kier molecular flexibility index (Phi) is 8.68. The minimum atomic E-state index is -1.05. The molecule has 0 saturated heterocycles. The number of alkyl carbamates (subject to hydrolysis) is 1. The summed E-state index contributed by atoms with van der Waals surface area (Å²) in [5.74, 6) is -1.84. The first kappa shape index (κ1) is 25.3. The second-order valence-electron chi connectivity index (χ2n) is 8.81. The van der Waals surface area contributed by atoms with Gasteiger partial charge in [0, 0.05) is 18.5 Å². The van der Waals surface area contributed by atoms with Crippen LogP contribution in [0.15, 0.2) is 48.5 Å². The zero-order valence-electron chi connectivity index (χ0n) is 20.1. The first-order chi connectivity index (χ1) is 16.4. The summed E-state index contributed by atoms with van der Waals surface area (Å²) >= 11 is 0. The summed E-state index contributed by atoms with van der Waals surface area (Å²) in [4.78, 5) is 38.3. The molecular weight excluding hydrogens is 432 g/mol. The highest BCUT2D eigenvalue weighted by molar-refractivity contribution is 5.84. The number of nitrogens with one attached hydrogen (secondary N) is 1. The van der Waals surface area contributed by atoms with Gasteiger partial charge >= 0.3 is 12.1 Å². The fraction of sp³-hybridized carbons (Fsp3) is 0.444. The Labute approximate surface area is 201 Å². The molecule has 2 N–H and O–H groups in total. The van der Waals surface area contributed by atoms with Crippen LogP contribution in [0.1, 0.15) is 57.1 Å². The number of nitrogens with zero attached hydrogens (tertiary/aromatic N) is 1. The average molecular weight is 467 g/mol. The van der Waals surface area contributed by atoms with Crippen LogP contribution in [-0.4, -0.2) is 53.7 Å². The maximum atomic E-state index is 13.1. The molecule has 0 fully saturated rings. The summed E-state index contributed by atoms with van der Waals surface area (Å²) in [5, 5.41) is 12.0. The highest BCUT2D eigenvalue weighted by Crippen LogP contribution is 2.44. The van der Waals surface area contributed by atoms with E-state index >= 15 is 0 Å². The number of fused-ring (bicyclic) bond motifs is 3. The third-order valence-electron chi connectivity index (χ3n) is 6.53. The molecule has 0 spiro atoms. The highest BCUT2D eigenvalue weighted by atomic mass is 16.5. The van der Waals surface area contributed by atoms with Crippen molar-refractivity contribution >= 4 is 18.0 Å². The van der Waals surface area contributed by atoms with E-state index in [9.17, 15) is 19.5 Å². The van der Waals surface area contributed by atoms with Crippen molar-refractivity contribution in [1.82, 2.24) is 10.2 Å². The van der Waals surface area contributed by atoms with Crippen LogP contribution in [0, 0.1) is 5.92 Å². The summed E-state index contributed by atoms with van der Waals surface area (Å²) in [6.45, 7) is 5.66. The molecule has 7 heteroatoms. The summed E-state index contributed by atoms with van der Waals surface area (Å²) in [7, 11) is 0. The van der Waals surface area contributed by atoms with E-state index in [1.165, 1.54) is 4.90 Å². The van der Waals surface area contributed by atoms with Crippen LogP contribution in [0.3, 0.4) is 0 Å². The van der Waals surface area contributed by atoms with Crippen molar-refractivity contribution in [3.8, 4) is 11.1 Å². The van der Waals surface area contributed by atoms with Crippen LogP contribution in [0.2, 0.25) is 0 Å². The summed E-state index contributed by atoms with van der Waals surface area (Å²) in [6.07, 6.45) is 1.36. The Hall–Kier alpha value is -3.35. The van der Waals surface area contributed by atoms with Crippen LogP contribution in [0.25, 0.3) is 11.1 Å². The van der Waals surface area contributed by atoms with Crippen molar-refractivity contribution in [3.05, 3.63) is 59.7 Å². The number of hydrogen-bond acceptors (Lipinski definition) is 4. The molecule has 0 aliphatic heterocycles. The smallest absolute Gasteiger partial charge is 0.407 e. The molecule has 2 unspecified atom stereocenters. The van der Waals surface area contributed by atoms with Crippen molar-refractivity contribution in [1.29, 1.82) is 0 Å². The maximum Gasteiger partial charge on any atom is 0.407 e. The molecule has 34 heavy (non-hydrogen) atoms. The van der Waals surface area contributed by atoms with Crippen molar-refractivity contribution in [2.45, 2.75) is 52.0 Å². The topological polar surface area (TPSA) is 95.9 Å². The van der Waals surface area contributed by atoms with Gasteiger partial charge in [0.2, 0.25) is 5.91 Å². The van der Waals surface area contributed by atoms with Crippen LogP contribution in [0.4, 0.5) is 4.79 Å². The Morgan fingerprint density at radius 3 is 2.15 bits per heavy atom. The lowest BCUT2D eigenvalue weighted by Crippen LogP contribution is -2.47. The van der Waals surface area contributed by atoms with E-state index in [0.29, 0.717) is 12.8 Å². The van der Waals surface area contributed by atoms with Gasteiger partial charge in [0.05, 0.1) is 5.92 Å². The van der Waals surface area contributed by atoms with E-state index in [-0.39, 0.29) is 37.6 Å². The largest absolute Gasteiger partial charge is 0.480 e. The lowest BCUT2D eigenvalue weighted by Gasteiger charge is -2.30. The number of carbonyl (C=O) groups excluding carboxylic acids is 2. The van der Waals surface area contributed by atoms with E-state index in [0.717, 1.165) is 28.7 Å². The molecule has 7 nitrogen and oxygen atoms in total. The number of carboxylic acid groups (broad SMARTS) is 1. The molecule has 2 atom stereocenters. The molecule has 1 aliphatic carbocycles. The fourth-order valence-corrected chi connectivity index (χ4v) is 4.57. The molecular formula is C27H34N2O5. The molecule has 182 valence electrons. The zero-order valence-corrected chi connectivity index (χ0v) is 20.1. The van der Waals surface area contributed by atoms with Gasteiger partial charge in [-0.2, -0.15) is 0 Å². The summed E-state index contributed by atoms with van der Waals surface area (Å²) in [5.41, 5.74) is 4.58. The first-order valence-corrected chi connectivity index (χ1v) is 12.0. The Morgan fingerprint density at radius 2 is 1.62 bits per heavy atom. The number of aliphatic carboxylic acids is 1. The molecule has 0 heterocycles. The minimum Gasteiger partial charge on any atom is -0.480 e. The van der Waals surface area contributed by atoms with Crippen molar-refractivity contribution in [2.24, 2.45) is 5.92 Å². The van der Waals surface area contributed by atoms with E-state index in [1.807, 2.05) is 45.0 Å². The van der Waals surface area contributed by atoms with Gasteiger partial charge < -0.3 is 20.1 Å². The number of hydrogen-bond donors (Lipinski definition) is 2. The molecule has 2 aromatic carbocycles. The fourth-order valence-electron chi connectivity index (χ4n) is 4.57. The predicted molar refractivity (Wildman–Crippen MR) is 131 cm³/mol. The van der Waals surface area contributed by atoms with E-state index in [2.05, 4.69) is 29.6 Å². The quantitative estimate of drug-likeness (QED) is 0.502. The minimum absolute atomic E-state index is 0.0392.